The van der Waals surface area contributed by atoms with Crippen molar-refractivity contribution in [2.45, 2.75) is 0 Å². The van der Waals surface area contributed by atoms with Crippen molar-refractivity contribution < 1.29 is 4.57 Å². The number of rotatable bonds is 5. The molecule has 0 saturated carbocycles. The summed E-state index contributed by atoms with van der Waals surface area (Å²) < 4.78 is 9.95. The van der Waals surface area contributed by atoms with Crippen molar-refractivity contribution in [3.63, 3.8) is 0 Å². The first-order chi connectivity index (χ1) is 4.31. The number of nitrogens with zero attached hydrogens (tertiary/aromatic N) is 1. The molecule has 0 aromatic heterocycles. The van der Waals surface area contributed by atoms with Gasteiger partial charge in [0.05, 0.1) is 0 Å². The van der Waals surface area contributed by atoms with E-state index in [1.807, 2.05) is 7.05 Å². The minimum atomic E-state index is 0.223. The fourth-order valence-corrected chi connectivity index (χ4v) is 0.967. The summed E-state index contributed by atoms with van der Waals surface area (Å²) in [5, 5.41) is 0. The molecular formula is C5H13N2OP. The van der Waals surface area contributed by atoms with Gasteiger partial charge < -0.3 is 10.6 Å². The predicted molar refractivity (Wildman–Crippen MR) is 39.0 cm³/mol. The van der Waals surface area contributed by atoms with Crippen molar-refractivity contribution in [1.82, 2.24) is 4.90 Å². The average Bonchev–Trinajstić information content (AvgIpc) is 1.85. The van der Waals surface area contributed by atoms with Crippen LogP contribution in [0.2, 0.25) is 0 Å². The molecule has 0 fully saturated rings. The van der Waals surface area contributed by atoms with Crippen LogP contribution in [0.1, 0.15) is 0 Å². The van der Waals surface area contributed by atoms with E-state index in [0.29, 0.717) is 12.7 Å². The summed E-state index contributed by atoms with van der Waals surface area (Å²) in [6, 6.07) is 0. The van der Waals surface area contributed by atoms with E-state index in [9.17, 15) is 4.57 Å². The molecule has 0 aromatic carbocycles. The molecule has 0 amide bonds. The van der Waals surface area contributed by atoms with E-state index in [-0.39, 0.29) is 8.46 Å². The smallest absolute Gasteiger partial charge is 0.156 e. The van der Waals surface area contributed by atoms with Gasteiger partial charge in [0, 0.05) is 25.8 Å². The van der Waals surface area contributed by atoms with Crippen molar-refractivity contribution in [2.24, 2.45) is 5.73 Å². The molecule has 3 nitrogen and oxygen atoms in total. The van der Waals surface area contributed by atoms with Crippen LogP contribution in [0, 0.1) is 0 Å². The second-order valence-electron chi connectivity index (χ2n) is 1.94. The molecule has 0 bridgehead atoms. The van der Waals surface area contributed by atoms with E-state index in [0.717, 1.165) is 13.1 Å². The number of nitrogens with two attached hydrogens (primary N) is 1. The van der Waals surface area contributed by atoms with Crippen LogP contribution < -0.4 is 5.73 Å². The van der Waals surface area contributed by atoms with Gasteiger partial charge >= 0.3 is 0 Å². The molecule has 2 N–H and O–H groups in total. The van der Waals surface area contributed by atoms with Crippen molar-refractivity contribution in [3.05, 3.63) is 0 Å². The lowest BCUT2D eigenvalue weighted by Crippen LogP contribution is -2.27. The van der Waals surface area contributed by atoms with Crippen molar-refractivity contribution in [3.8, 4) is 0 Å². The van der Waals surface area contributed by atoms with Crippen molar-refractivity contribution >= 4 is 8.46 Å². The van der Waals surface area contributed by atoms with Gasteiger partial charge in [0.2, 0.25) is 0 Å². The van der Waals surface area contributed by atoms with Gasteiger partial charge in [-0.2, -0.15) is 0 Å². The Hall–Kier alpha value is 0.0200. The third-order valence-corrected chi connectivity index (χ3v) is 1.47. The first-order valence-corrected chi connectivity index (χ1v) is 3.98. The third-order valence-electron chi connectivity index (χ3n) is 1.08. The zero-order valence-electron chi connectivity index (χ0n) is 5.71. The molecule has 0 aromatic rings. The highest BCUT2D eigenvalue weighted by molar-refractivity contribution is 7.23. The molecular weight excluding hydrogens is 135 g/mol. The Morgan fingerprint density at radius 1 is 1.56 bits per heavy atom. The average molecular weight is 148 g/mol. The number of hydrogen-bond acceptors (Lipinski definition) is 3. The maximum atomic E-state index is 9.95. The molecule has 0 radical (unpaired) electrons. The van der Waals surface area contributed by atoms with Gasteiger partial charge in [-0.25, -0.2) is 0 Å². The molecule has 0 atom stereocenters. The fourth-order valence-electron chi connectivity index (χ4n) is 0.544. The SMILES string of the molecule is CN(CCN)CCP=O. The lowest BCUT2D eigenvalue weighted by molar-refractivity contribution is 0.364. The van der Waals surface area contributed by atoms with E-state index in [1.54, 1.807) is 0 Å². The lowest BCUT2D eigenvalue weighted by atomic mass is 10.5. The topological polar surface area (TPSA) is 46.3 Å². The molecule has 0 heterocycles. The normalized spacial score (nSPS) is 11.0. The van der Waals surface area contributed by atoms with Crippen LogP contribution in [0.3, 0.4) is 0 Å². The highest BCUT2D eigenvalue weighted by atomic mass is 31.1. The van der Waals surface area contributed by atoms with Crippen molar-refractivity contribution in [1.29, 1.82) is 0 Å². The molecule has 0 spiro atoms. The standard InChI is InChI=1S/C5H13N2OP/c1-7(3-2-6)4-5-9-8/h2-6H2,1H3. The van der Waals surface area contributed by atoms with Crippen LogP contribution in [-0.2, 0) is 4.57 Å². The first-order valence-electron chi connectivity index (χ1n) is 2.99. The monoisotopic (exact) mass is 148 g/mol. The van der Waals surface area contributed by atoms with Gasteiger partial charge in [-0.15, -0.1) is 0 Å². The Morgan fingerprint density at radius 2 is 2.22 bits per heavy atom. The summed E-state index contributed by atoms with van der Waals surface area (Å²) in [7, 11) is 2.19. The van der Waals surface area contributed by atoms with Gasteiger partial charge in [0.25, 0.3) is 0 Å². The Balaban J connectivity index is 3.04. The highest BCUT2D eigenvalue weighted by Gasteiger charge is 1.93. The summed E-state index contributed by atoms with van der Waals surface area (Å²) in [4.78, 5) is 2.06. The quantitative estimate of drug-likeness (QED) is 0.565. The number of hydrogen-bond donors (Lipinski definition) is 1. The van der Waals surface area contributed by atoms with Crippen LogP contribution in [0.15, 0.2) is 0 Å². The second-order valence-corrected chi connectivity index (χ2v) is 2.65. The summed E-state index contributed by atoms with van der Waals surface area (Å²) in [5.41, 5.74) is 5.28. The maximum absolute atomic E-state index is 9.95. The van der Waals surface area contributed by atoms with E-state index >= 15 is 0 Å². The van der Waals surface area contributed by atoms with Gasteiger partial charge in [-0.05, 0) is 7.05 Å². The molecule has 9 heavy (non-hydrogen) atoms. The van der Waals surface area contributed by atoms with E-state index < -0.39 is 0 Å². The Bertz CT molecular complexity index is 79.4. The Morgan fingerprint density at radius 3 is 2.67 bits per heavy atom. The molecule has 54 valence electrons. The summed E-state index contributed by atoms with van der Waals surface area (Å²) in [6.07, 6.45) is 0.705. The van der Waals surface area contributed by atoms with E-state index in [1.165, 1.54) is 0 Å². The minimum absolute atomic E-state index is 0.223. The number of likely N-dealkylation sites (N-methyl/N-ethyl adjacent to an activating group) is 1. The largest absolute Gasteiger partial charge is 0.329 e. The van der Waals surface area contributed by atoms with Crippen LogP contribution in [0.5, 0.6) is 0 Å². The zero-order valence-corrected chi connectivity index (χ0v) is 6.60. The summed E-state index contributed by atoms with van der Waals surface area (Å²) in [5.74, 6) is 0. The first kappa shape index (κ1) is 9.02. The third kappa shape index (κ3) is 5.90. The van der Waals surface area contributed by atoms with Crippen LogP contribution in [-0.4, -0.2) is 37.7 Å². The lowest BCUT2D eigenvalue weighted by Gasteiger charge is -2.11. The fraction of sp³-hybridized carbons (Fsp3) is 1.00. The predicted octanol–water partition coefficient (Wildman–Crippen LogP) is 0.169. The van der Waals surface area contributed by atoms with Crippen LogP contribution in [0.4, 0.5) is 0 Å². The Kier molecular flexibility index (Phi) is 6.16. The van der Waals surface area contributed by atoms with Gasteiger partial charge in [-0.1, -0.05) is 0 Å². The van der Waals surface area contributed by atoms with Gasteiger partial charge in [0.1, 0.15) is 0 Å². The van der Waals surface area contributed by atoms with Crippen LogP contribution in [0.25, 0.3) is 0 Å². The highest BCUT2D eigenvalue weighted by Crippen LogP contribution is 1.90. The van der Waals surface area contributed by atoms with Gasteiger partial charge in [0.15, 0.2) is 8.46 Å². The second kappa shape index (κ2) is 6.14. The molecule has 0 rings (SSSR count). The van der Waals surface area contributed by atoms with E-state index in [4.69, 9.17) is 5.73 Å². The van der Waals surface area contributed by atoms with Gasteiger partial charge in [-0.3, -0.25) is 4.57 Å². The zero-order chi connectivity index (χ0) is 7.11. The van der Waals surface area contributed by atoms with E-state index in [2.05, 4.69) is 4.90 Å². The molecule has 0 aliphatic carbocycles. The molecule has 0 unspecified atom stereocenters. The molecule has 0 aliphatic heterocycles. The Labute approximate surface area is 57.4 Å². The summed E-state index contributed by atoms with van der Waals surface area (Å²) in [6.45, 7) is 2.42. The summed E-state index contributed by atoms with van der Waals surface area (Å²) >= 11 is 0. The van der Waals surface area contributed by atoms with Crippen LogP contribution >= 0.6 is 8.46 Å². The van der Waals surface area contributed by atoms with Crippen molar-refractivity contribution in [2.75, 3.05) is 32.8 Å². The molecule has 4 heteroatoms. The molecule has 0 saturated heterocycles. The minimum Gasteiger partial charge on any atom is -0.329 e. The molecule has 0 aliphatic rings. The maximum Gasteiger partial charge on any atom is 0.156 e.